The summed E-state index contributed by atoms with van der Waals surface area (Å²) in [5.41, 5.74) is 4.50. The Morgan fingerprint density at radius 3 is 2.36 bits per heavy atom. The Balaban J connectivity index is 1.89. The van der Waals surface area contributed by atoms with Crippen LogP contribution in [0, 0.1) is 13.8 Å². The lowest BCUT2D eigenvalue weighted by molar-refractivity contribution is -0.118. The van der Waals surface area contributed by atoms with Crippen LogP contribution in [0.5, 0.6) is 0 Å². The molecule has 0 fully saturated rings. The number of nitrogens with zero attached hydrogens (tertiary/aromatic N) is 3. The third-order valence-electron chi connectivity index (χ3n) is 5.26. The molecular formula is C23H29N3OS. The van der Waals surface area contributed by atoms with Crippen molar-refractivity contribution in [2.24, 2.45) is 0 Å². The molecule has 0 saturated carbocycles. The molecule has 0 spiro atoms. The molecule has 28 heavy (non-hydrogen) atoms. The van der Waals surface area contributed by atoms with Crippen LogP contribution in [0.15, 0.2) is 42.5 Å². The largest absolute Gasteiger partial charge is 0.302 e. The molecule has 0 N–H and O–H groups in total. The third kappa shape index (κ3) is 4.78. The first-order valence-electron chi connectivity index (χ1n) is 9.96. The molecule has 3 rings (SSSR count). The average Bonchev–Trinajstić information content (AvgIpc) is 3.08. The summed E-state index contributed by atoms with van der Waals surface area (Å²) in [7, 11) is 0. The van der Waals surface area contributed by atoms with Gasteiger partial charge in [0, 0.05) is 13.1 Å². The minimum atomic E-state index is 0.103. The Hall–Kier alpha value is -2.24. The van der Waals surface area contributed by atoms with Crippen molar-refractivity contribution in [2.45, 2.75) is 34.1 Å². The summed E-state index contributed by atoms with van der Waals surface area (Å²) in [6.07, 6.45) is 0.396. The summed E-state index contributed by atoms with van der Waals surface area (Å²) >= 11 is 1.61. The topological polar surface area (TPSA) is 36.4 Å². The van der Waals surface area contributed by atoms with E-state index in [0.29, 0.717) is 13.0 Å². The van der Waals surface area contributed by atoms with E-state index in [-0.39, 0.29) is 5.91 Å². The van der Waals surface area contributed by atoms with Gasteiger partial charge in [-0.1, -0.05) is 55.5 Å². The van der Waals surface area contributed by atoms with Gasteiger partial charge in [-0.3, -0.25) is 9.69 Å². The van der Waals surface area contributed by atoms with E-state index in [4.69, 9.17) is 4.98 Å². The van der Waals surface area contributed by atoms with Crippen LogP contribution >= 0.6 is 11.3 Å². The highest BCUT2D eigenvalue weighted by Gasteiger charge is 2.21. The lowest BCUT2D eigenvalue weighted by Gasteiger charge is -2.24. The molecule has 0 aliphatic carbocycles. The SMILES string of the molecule is CCN(CC)CCN(C(=O)Cc1ccccc1)c1nc2cc(C)c(C)cc2s1. The van der Waals surface area contributed by atoms with Crippen LogP contribution in [0.4, 0.5) is 5.13 Å². The monoisotopic (exact) mass is 395 g/mol. The standard InChI is InChI=1S/C23H29N3OS/c1-5-25(6-2)12-13-26(22(27)16-19-10-8-7-9-11-19)23-24-20-14-17(3)18(4)15-21(20)28-23/h7-11,14-15H,5-6,12-13,16H2,1-4H3. The first kappa shape index (κ1) is 20.5. The quantitative estimate of drug-likeness (QED) is 0.548. The van der Waals surface area contributed by atoms with Crippen molar-refractivity contribution in [1.29, 1.82) is 0 Å². The predicted molar refractivity (Wildman–Crippen MR) is 119 cm³/mol. The van der Waals surface area contributed by atoms with Gasteiger partial charge >= 0.3 is 0 Å². The highest BCUT2D eigenvalue weighted by Crippen LogP contribution is 2.31. The maximum absolute atomic E-state index is 13.2. The zero-order valence-electron chi connectivity index (χ0n) is 17.2. The number of likely N-dealkylation sites (N-methyl/N-ethyl adjacent to an activating group) is 1. The number of aromatic nitrogens is 1. The van der Waals surface area contributed by atoms with Gasteiger partial charge in [0.25, 0.3) is 0 Å². The highest BCUT2D eigenvalue weighted by atomic mass is 32.1. The molecule has 4 nitrogen and oxygen atoms in total. The van der Waals surface area contributed by atoms with Crippen molar-refractivity contribution in [2.75, 3.05) is 31.1 Å². The fourth-order valence-corrected chi connectivity index (χ4v) is 4.35. The van der Waals surface area contributed by atoms with Gasteiger partial charge in [-0.25, -0.2) is 4.98 Å². The van der Waals surface area contributed by atoms with Gasteiger partial charge in [-0.05, 0) is 55.8 Å². The van der Waals surface area contributed by atoms with E-state index in [1.807, 2.05) is 35.2 Å². The van der Waals surface area contributed by atoms with Crippen LogP contribution in [0.2, 0.25) is 0 Å². The molecule has 0 atom stereocenters. The van der Waals surface area contributed by atoms with Gasteiger partial charge in [-0.15, -0.1) is 0 Å². The van der Waals surface area contributed by atoms with E-state index in [1.54, 1.807) is 11.3 Å². The molecule has 0 aliphatic heterocycles. The normalized spacial score (nSPS) is 11.3. The van der Waals surface area contributed by atoms with Gasteiger partial charge < -0.3 is 4.90 Å². The molecule has 0 bridgehead atoms. The molecule has 0 radical (unpaired) electrons. The van der Waals surface area contributed by atoms with E-state index >= 15 is 0 Å². The number of carbonyl (C=O) groups excluding carboxylic acids is 1. The van der Waals surface area contributed by atoms with Gasteiger partial charge in [0.2, 0.25) is 5.91 Å². The molecule has 1 aromatic heterocycles. The van der Waals surface area contributed by atoms with E-state index in [0.717, 1.165) is 40.5 Å². The molecule has 148 valence electrons. The molecule has 0 aliphatic rings. The minimum Gasteiger partial charge on any atom is -0.302 e. The predicted octanol–water partition coefficient (Wildman–Crippen LogP) is 4.83. The number of rotatable bonds is 8. The molecule has 5 heteroatoms. The van der Waals surface area contributed by atoms with Crippen molar-refractivity contribution in [3.05, 3.63) is 59.2 Å². The number of anilines is 1. The molecule has 1 heterocycles. The molecule has 0 saturated heterocycles. The van der Waals surface area contributed by atoms with E-state index in [9.17, 15) is 4.79 Å². The van der Waals surface area contributed by atoms with Crippen LogP contribution < -0.4 is 4.90 Å². The average molecular weight is 396 g/mol. The van der Waals surface area contributed by atoms with Crippen LogP contribution in [-0.2, 0) is 11.2 Å². The zero-order valence-corrected chi connectivity index (χ0v) is 18.1. The molecule has 1 amide bonds. The van der Waals surface area contributed by atoms with Crippen molar-refractivity contribution in [3.63, 3.8) is 0 Å². The van der Waals surface area contributed by atoms with Gasteiger partial charge in [-0.2, -0.15) is 0 Å². The van der Waals surface area contributed by atoms with E-state index in [2.05, 4.69) is 44.7 Å². The fourth-order valence-electron chi connectivity index (χ4n) is 3.26. The van der Waals surface area contributed by atoms with Crippen LogP contribution in [0.25, 0.3) is 10.2 Å². The zero-order chi connectivity index (χ0) is 20.1. The maximum Gasteiger partial charge on any atom is 0.233 e. The number of hydrogen-bond donors (Lipinski definition) is 0. The lowest BCUT2D eigenvalue weighted by Crippen LogP contribution is -2.39. The lowest BCUT2D eigenvalue weighted by atomic mass is 10.1. The van der Waals surface area contributed by atoms with Crippen LogP contribution in [-0.4, -0.2) is 42.0 Å². The highest BCUT2D eigenvalue weighted by molar-refractivity contribution is 7.22. The maximum atomic E-state index is 13.2. The number of hydrogen-bond acceptors (Lipinski definition) is 4. The van der Waals surface area contributed by atoms with Crippen LogP contribution in [0.3, 0.4) is 0 Å². The molecule has 2 aromatic carbocycles. The second kappa shape index (κ2) is 9.30. The number of carbonyl (C=O) groups is 1. The first-order chi connectivity index (χ1) is 13.5. The van der Waals surface area contributed by atoms with Crippen LogP contribution in [0.1, 0.15) is 30.5 Å². The summed E-state index contributed by atoms with van der Waals surface area (Å²) in [6.45, 7) is 12.0. The number of amides is 1. The van der Waals surface area contributed by atoms with Crippen molar-refractivity contribution in [1.82, 2.24) is 9.88 Å². The number of fused-ring (bicyclic) bond motifs is 1. The fraction of sp³-hybridized carbons (Fsp3) is 0.391. The Bertz CT molecular complexity index is 893. The first-order valence-corrected chi connectivity index (χ1v) is 10.8. The second-order valence-corrected chi connectivity index (χ2v) is 8.14. The Morgan fingerprint density at radius 2 is 1.68 bits per heavy atom. The number of benzene rings is 2. The third-order valence-corrected chi connectivity index (χ3v) is 6.30. The van der Waals surface area contributed by atoms with Crippen molar-refractivity contribution < 1.29 is 4.79 Å². The Kier molecular flexibility index (Phi) is 6.81. The van der Waals surface area contributed by atoms with E-state index in [1.165, 1.54) is 11.1 Å². The summed E-state index contributed by atoms with van der Waals surface area (Å²) in [4.78, 5) is 22.2. The number of thiazole rings is 1. The van der Waals surface area contributed by atoms with Gasteiger partial charge in [0.1, 0.15) is 0 Å². The second-order valence-electron chi connectivity index (χ2n) is 7.14. The summed E-state index contributed by atoms with van der Waals surface area (Å²) in [5.74, 6) is 0.103. The Morgan fingerprint density at radius 1 is 1.00 bits per heavy atom. The molecule has 0 unspecified atom stereocenters. The Labute approximate surface area is 171 Å². The summed E-state index contributed by atoms with van der Waals surface area (Å²) < 4.78 is 1.14. The van der Waals surface area contributed by atoms with E-state index < -0.39 is 0 Å². The molecule has 3 aromatic rings. The minimum absolute atomic E-state index is 0.103. The summed E-state index contributed by atoms with van der Waals surface area (Å²) in [5, 5.41) is 0.799. The summed E-state index contributed by atoms with van der Waals surface area (Å²) in [6, 6.07) is 14.2. The molecular weight excluding hydrogens is 366 g/mol. The smallest absolute Gasteiger partial charge is 0.233 e. The van der Waals surface area contributed by atoms with Gasteiger partial charge in [0.05, 0.1) is 16.6 Å². The van der Waals surface area contributed by atoms with Crippen molar-refractivity contribution >= 4 is 32.6 Å². The number of aryl methyl sites for hydroxylation is 2. The van der Waals surface area contributed by atoms with Gasteiger partial charge in [0.15, 0.2) is 5.13 Å². The van der Waals surface area contributed by atoms with Crippen molar-refractivity contribution in [3.8, 4) is 0 Å².